The Balaban J connectivity index is 1.89. The summed E-state index contributed by atoms with van der Waals surface area (Å²) in [5.74, 6) is -1.98. The van der Waals surface area contributed by atoms with Crippen molar-refractivity contribution in [1.82, 2.24) is 4.98 Å². The van der Waals surface area contributed by atoms with Crippen LogP contribution < -0.4 is 15.5 Å². The molecular weight excluding hydrogens is 438 g/mol. The Morgan fingerprint density at radius 1 is 1.09 bits per heavy atom. The number of hydrogen-bond donors (Lipinski definition) is 2. The van der Waals surface area contributed by atoms with Crippen molar-refractivity contribution in [3.63, 3.8) is 0 Å². The summed E-state index contributed by atoms with van der Waals surface area (Å²) in [5, 5.41) is 2.51. The Hall–Kier alpha value is -3.71. The summed E-state index contributed by atoms with van der Waals surface area (Å²) in [6.07, 6.45) is 0. The van der Waals surface area contributed by atoms with Gasteiger partial charge < -0.3 is 15.0 Å². The normalized spacial score (nSPS) is 10.9. The van der Waals surface area contributed by atoms with E-state index in [-0.39, 0.29) is 45.4 Å². The van der Waals surface area contributed by atoms with E-state index in [2.05, 4.69) is 10.3 Å². The molecule has 0 spiro atoms. The number of aromatic nitrogens is 1. The van der Waals surface area contributed by atoms with Crippen LogP contribution in [0.2, 0.25) is 5.02 Å². The third-order valence-electron chi connectivity index (χ3n) is 4.81. The topological polar surface area (TPSA) is 71.2 Å². The Kier molecular flexibility index (Phi) is 5.92. The molecule has 0 bridgehead atoms. The number of H-pyrrole nitrogens is 1. The molecule has 5 nitrogen and oxygen atoms in total. The quantitative estimate of drug-likeness (QED) is 0.351. The number of pyridine rings is 1. The van der Waals surface area contributed by atoms with Crippen LogP contribution >= 0.6 is 11.6 Å². The van der Waals surface area contributed by atoms with E-state index in [1.807, 2.05) is 30.3 Å². The molecule has 32 heavy (non-hydrogen) atoms. The Morgan fingerprint density at radius 2 is 1.84 bits per heavy atom. The number of hydrogen-bond acceptors (Lipinski definition) is 4. The lowest BCUT2D eigenvalue weighted by molar-refractivity contribution is 0.101. The first-order chi connectivity index (χ1) is 15.3. The lowest BCUT2D eigenvalue weighted by Gasteiger charge is -2.16. The van der Waals surface area contributed by atoms with Crippen LogP contribution in [-0.4, -0.2) is 10.8 Å². The number of rotatable bonds is 6. The molecule has 0 fully saturated rings. The third-order valence-corrected chi connectivity index (χ3v) is 5.09. The minimum atomic E-state index is -0.799. The van der Waals surface area contributed by atoms with Crippen molar-refractivity contribution in [2.24, 2.45) is 0 Å². The van der Waals surface area contributed by atoms with E-state index in [4.69, 9.17) is 16.3 Å². The summed E-state index contributed by atoms with van der Waals surface area (Å²) in [6, 6.07) is 15.6. The number of fused-ring (bicyclic) bond motifs is 1. The summed E-state index contributed by atoms with van der Waals surface area (Å²) in [6.45, 7) is 1.29. The molecule has 0 amide bonds. The predicted octanol–water partition coefficient (Wildman–Crippen LogP) is 5.98. The third kappa shape index (κ3) is 4.20. The number of carbonyl (C=O) groups is 1. The fraction of sp³-hybridized carbons (Fsp3) is 0.0833. The summed E-state index contributed by atoms with van der Waals surface area (Å²) < 4.78 is 34.2. The van der Waals surface area contributed by atoms with Crippen molar-refractivity contribution >= 4 is 39.8 Å². The highest BCUT2D eigenvalue weighted by atomic mass is 35.5. The van der Waals surface area contributed by atoms with Crippen molar-refractivity contribution in [3.8, 4) is 5.75 Å². The number of Topliss-reactive ketones (excluding diaryl/α,β-unsaturated/α-hetero) is 1. The van der Waals surface area contributed by atoms with Gasteiger partial charge in [0.05, 0.1) is 15.9 Å². The molecule has 0 atom stereocenters. The maximum Gasteiger partial charge on any atom is 0.206 e. The average molecular weight is 455 g/mol. The standard InChI is InChI=1S/C24H17ClF2N2O3/c1-13(30)19-22(31)20-21(29-24(19)28-16-9-5-8-15(26)10-16)18(27)11-17(25)23(20)32-12-14-6-3-2-4-7-14/h2-11H,12H2,1H3,(H2,28,29,31). The first-order valence-corrected chi connectivity index (χ1v) is 10.0. The first-order valence-electron chi connectivity index (χ1n) is 9.63. The second-order valence-electron chi connectivity index (χ2n) is 7.09. The van der Waals surface area contributed by atoms with Gasteiger partial charge in [0.2, 0.25) is 5.43 Å². The second kappa shape index (κ2) is 8.80. The van der Waals surface area contributed by atoms with E-state index in [9.17, 15) is 18.4 Å². The molecule has 0 aliphatic rings. The molecule has 2 N–H and O–H groups in total. The largest absolute Gasteiger partial charge is 0.486 e. The highest BCUT2D eigenvalue weighted by Gasteiger charge is 2.23. The van der Waals surface area contributed by atoms with E-state index in [0.717, 1.165) is 11.6 Å². The van der Waals surface area contributed by atoms with Crippen molar-refractivity contribution < 1.29 is 18.3 Å². The smallest absolute Gasteiger partial charge is 0.206 e. The van der Waals surface area contributed by atoms with Crippen LogP contribution in [0.25, 0.3) is 10.9 Å². The molecule has 162 valence electrons. The van der Waals surface area contributed by atoms with Crippen LogP contribution in [0.4, 0.5) is 20.3 Å². The molecular formula is C24H17ClF2N2O3. The molecule has 8 heteroatoms. The zero-order valence-corrected chi connectivity index (χ0v) is 17.6. The zero-order valence-electron chi connectivity index (χ0n) is 16.8. The van der Waals surface area contributed by atoms with Gasteiger partial charge >= 0.3 is 0 Å². The monoisotopic (exact) mass is 454 g/mol. The number of nitrogens with one attached hydrogen (secondary N) is 2. The number of halogens is 3. The zero-order chi connectivity index (χ0) is 22.8. The van der Waals surface area contributed by atoms with Gasteiger partial charge in [-0.05, 0) is 36.8 Å². The lowest BCUT2D eigenvalue weighted by atomic mass is 10.1. The van der Waals surface area contributed by atoms with Gasteiger partial charge in [-0.1, -0.05) is 48.0 Å². The fourth-order valence-corrected chi connectivity index (χ4v) is 3.62. The highest BCUT2D eigenvalue weighted by Crippen LogP contribution is 2.35. The number of ketones is 1. The number of aromatic amines is 1. The van der Waals surface area contributed by atoms with Gasteiger partial charge in [0.15, 0.2) is 11.5 Å². The summed E-state index contributed by atoms with van der Waals surface area (Å²) in [7, 11) is 0. The SMILES string of the molecule is CC(=O)c1c(Nc2cccc(F)c2)[nH]c2c(F)cc(Cl)c(OCc3ccccc3)c2c1=O. The average Bonchev–Trinajstić information content (AvgIpc) is 2.74. The molecule has 3 aromatic carbocycles. The van der Waals surface area contributed by atoms with Crippen LogP contribution in [0, 0.1) is 11.6 Å². The Bertz CT molecular complexity index is 1390. The molecule has 1 aromatic heterocycles. The summed E-state index contributed by atoms with van der Waals surface area (Å²) >= 11 is 6.21. The molecule has 0 saturated carbocycles. The minimum absolute atomic E-state index is 0.0343. The van der Waals surface area contributed by atoms with Crippen LogP contribution in [0.15, 0.2) is 65.5 Å². The maximum atomic E-state index is 14.8. The lowest BCUT2D eigenvalue weighted by Crippen LogP contribution is -2.19. The molecule has 4 rings (SSSR count). The van der Waals surface area contributed by atoms with E-state index in [1.165, 1.54) is 25.1 Å². The maximum absolute atomic E-state index is 14.8. The van der Waals surface area contributed by atoms with E-state index in [1.54, 1.807) is 6.07 Å². The summed E-state index contributed by atoms with van der Waals surface area (Å²) in [5.41, 5.74) is -0.111. The number of benzene rings is 3. The van der Waals surface area contributed by atoms with Gasteiger partial charge in [0, 0.05) is 5.69 Å². The molecule has 0 saturated heterocycles. The van der Waals surface area contributed by atoms with Crippen LogP contribution in [0.5, 0.6) is 5.75 Å². The predicted molar refractivity (Wildman–Crippen MR) is 120 cm³/mol. The minimum Gasteiger partial charge on any atom is -0.486 e. The number of ether oxygens (including phenoxy) is 1. The van der Waals surface area contributed by atoms with Gasteiger partial charge in [-0.3, -0.25) is 9.59 Å². The molecule has 0 aliphatic heterocycles. The van der Waals surface area contributed by atoms with Gasteiger partial charge in [0.25, 0.3) is 0 Å². The summed E-state index contributed by atoms with van der Waals surface area (Å²) in [4.78, 5) is 28.4. The second-order valence-corrected chi connectivity index (χ2v) is 7.50. The van der Waals surface area contributed by atoms with Crippen LogP contribution in [0.3, 0.4) is 0 Å². The van der Waals surface area contributed by atoms with Gasteiger partial charge in [-0.2, -0.15) is 0 Å². The fourth-order valence-electron chi connectivity index (χ4n) is 3.38. The molecule has 1 heterocycles. The van der Waals surface area contributed by atoms with E-state index in [0.29, 0.717) is 0 Å². The van der Waals surface area contributed by atoms with Crippen molar-refractivity contribution in [2.45, 2.75) is 13.5 Å². The first kappa shape index (κ1) is 21.5. The van der Waals surface area contributed by atoms with Gasteiger partial charge in [-0.15, -0.1) is 0 Å². The molecule has 4 aromatic rings. The molecule has 0 unspecified atom stereocenters. The number of carbonyl (C=O) groups excluding carboxylic acids is 1. The van der Waals surface area contributed by atoms with E-state index >= 15 is 0 Å². The van der Waals surface area contributed by atoms with E-state index < -0.39 is 22.8 Å². The van der Waals surface area contributed by atoms with Crippen molar-refractivity contribution in [2.75, 3.05) is 5.32 Å². The number of anilines is 2. The van der Waals surface area contributed by atoms with Crippen LogP contribution in [0.1, 0.15) is 22.8 Å². The van der Waals surface area contributed by atoms with Gasteiger partial charge in [-0.25, -0.2) is 8.78 Å². The molecule has 0 radical (unpaired) electrons. The Labute approximate surface area is 186 Å². The van der Waals surface area contributed by atoms with Crippen LogP contribution in [-0.2, 0) is 6.61 Å². The Morgan fingerprint density at radius 3 is 2.53 bits per heavy atom. The van der Waals surface area contributed by atoms with Crippen molar-refractivity contribution in [3.05, 3.63) is 98.7 Å². The highest BCUT2D eigenvalue weighted by molar-refractivity contribution is 6.33. The molecule has 0 aliphatic carbocycles. The van der Waals surface area contributed by atoms with Crippen molar-refractivity contribution in [1.29, 1.82) is 0 Å². The van der Waals surface area contributed by atoms with Gasteiger partial charge in [0.1, 0.15) is 29.6 Å².